The Morgan fingerprint density at radius 1 is 0.968 bits per heavy atom. The van der Waals surface area contributed by atoms with Gasteiger partial charge < -0.3 is 26.0 Å². The number of carboxylic acids is 1. The smallest absolute Gasteiger partial charge is 0.326 e. The summed E-state index contributed by atoms with van der Waals surface area (Å²) in [4.78, 5) is 51.5. The first-order valence-corrected chi connectivity index (χ1v) is 10.2. The molecule has 168 valence electrons. The van der Waals surface area contributed by atoms with E-state index in [1.807, 2.05) is 38.1 Å². The number of benzene rings is 1. The van der Waals surface area contributed by atoms with E-state index in [0.717, 1.165) is 16.5 Å². The van der Waals surface area contributed by atoms with Crippen molar-refractivity contribution in [2.24, 2.45) is 5.92 Å². The Morgan fingerprint density at radius 3 is 2.23 bits per heavy atom. The van der Waals surface area contributed by atoms with Crippen molar-refractivity contribution >= 4 is 34.6 Å². The molecule has 0 spiro atoms. The van der Waals surface area contributed by atoms with Crippen LogP contribution in [0.25, 0.3) is 10.9 Å². The minimum absolute atomic E-state index is 0.0582. The molecule has 0 saturated carbocycles. The fourth-order valence-electron chi connectivity index (χ4n) is 3.36. The lowest BCUT2D eigenvalue weighted by Crippen LogP contribution is -2.55. The van der Waals surface area contributed by atoms with Gasteiger partial charge in [-0.2, -0.15) is 0 Å². The Labute approximate surface area is 181 Å². The molecule has 0 saturated heterocycles. The van der Waals surface area contributed by atoms with Gasteiger partial charge in [0.2, 0.25) is 17.7 Å². The van der Waals surface area contributed by atoms with Gasteiger partial charge in [0.25, 0.3) is 0 Å². The standard InChI is InChI=1S/C22H30N4O5/c1-12(2)9-19(22(30)31)26-21(29)18(25-20(28)13(3)24-14(4)27)10-15-11-23-17-8-6-5-7-16(15)17/h5-8,11-13,18-19,23H,9-10H2,1-4H3,(H,24,27)(H,25,28)(H,26,29)(H,30,31)/t13-,18-,19-/m0/s1. The summed E-state index contributed by atoms with van der Waals surface area (Å²) in [6, 6.07) is 4.62. The molecule has 1 aromatic carbocycles. The molecular formula is C22H30N4O5. The van der Waals surface area contributed by atoms with Crippen LogP contribution in [0.2, 0.25) is 0 Å². The third kappa shape index (κ3) is 6.84. The molecule has 3 amide bonds. The molecule has 0 aliphatic rings. The molecule has 2 rings (SSSR count). The maximum absolute atomic E-state index is 13.0. The zero-order chi connectivity index (χ0) is 23.1. The lowest BCUT2D eigenvalue weighted by atomic mass is 10.0. The summed E-state index contributed by atoms with van der Waals surface area (Å²) >= 11 is 0. The number of hydrogen-bond donors (Lipinski definition) is 5. The number of carbonyl (C=O) groups is 4. The van der Waals surface area contributed by atoms with E-state index >= 15 is 0 Å². The second-order valence-corrected chi connectivity index (χ2v) is 8.08. The van der Waals surface area contributed by atoms with Crippen molar-refractivity contribution in [2.45, 2.75) is 58.7 Å². The first-order valence-electron chi connectivity index (χ1n) is 10.2. The zero-order valence-electron chi connectivity index (χ0n) is 18.2. The molecular weight excluding hydrogens is 400 g/mol. The molecule has 31 heavy (non-hydrogen) atoms. The number of carboxylic acid groups (broad SMARTS) is 1. The van der Waals surface area contributed by atoms with Gasteiger partial charge in [0.1, 0.15) is 18.1 Å². The van der Waals surface area contributed by atoms with Gasteiger partial charge in [0.05, 0.1) is 0 Å². The number of aliphatic carboxylic acids is 1. The van der Waals surface area contributed by atoms with E-state index < -0.39 is 35.9 Å². The average Bonchev–Trinajstić information content (AvgIpc) is 3.08. The molecule has 9 nitrogen and oxygen atoms in total. The highest BCUT2D eigenvalue weighted by atomic mass is 16.4. The number of fused-ring (bicyclic) bond motifs is 1. The SMILES string of the molecule is CC(=O)N[C@@H](C)C(=O)N[C@@H](Cc1c[nH]c2ccccc12)C(=O)N[C@@H](CC(C)C)C(=O)O. The van der Waals surface area contributed by atoms with Crippen molar-refractivity contribution in [3.8, 4) is 0 Å². The van der Waals surface area contributed by atoms with Crippen LogP contribution in [0.4, 0.5) is 0 Å². The largest absolute Gasteiger partial charge is 0.480 e. The molecule has 0 aliphatic heterocycles. The van der Waals surface area contributed by atoms with Gasteiger partial charge in [-0.15, -0.1) is 0 Å². The van der Waals surface area contributed by atoms with Crippen LogP contribution in [0.1, 0.15) is 39.7 Å². The second kappa shape index (κ2) is 10.6. The van der Waals surface area contributed by atoms with E-state index in [-0.39, 0.29) is 24.7 Å². The van der Waals surface area contributed by atoms with Crippen LogP contribution in [-0.4, -0.2) is 51.9 Å². The number of para-hydroxylation sites is 1. The van der Waals surface area contributed by atoms with Crippen LogP contribution in [0.5, 0.6) is 0 Å². The molecule has 5 N–H and O–H groups in total. The number of hydrogen-bond acceptors (Lipinski definition) is 4. The van der Waals surface area contributed by atoms with Crippen molar-refractivity contribution in [1.29, 1.82) is 0 Å². The summed E-state index contributed by atoms with van der Waals surface area (Å²) in [7, 11) is 0. The fraction of sp³-hybridized carbons (Fsp3) is 0.455. The first-order chi connectivity index (χ1) is 14.6. The zero-order valence-corrected chi connectivity index (χ0v) is 18.2. The van der Waals surface area contributed by atoms with Gasteiger partial charge in [-0.25, -0.2) is 4.79 Å². The third-order valence-corrected chi connectivity index (χ3v) is 4.87. The molecule has 0 aliphatic carbocycles. The van der Waals surface area contributed by atoms with E-state index in [4.69, 9.17) is 0 Å². The van der Waals surface area contributed by atoms with Crippen LogP contribution in [0, 0.1) is 5.92 Å². The number of rotatable bonds is 10. The minimum atomic E-state index is -1.13. The Morgan fingerprint density at radius 2 is 1.61 bits per heavy atom. The predicted molar refractivity (Wildman–Crippen MR) is 116 cm³/mol. The molecule has 0 radical (unpaired) electrons. The fourth-order valence-corrected chi connectivity index (χ4v) is 3.36. The summed E-state index contributed by atoms with van der Waals surface area (Å²) in [6.07, 6.45) is 2.18. The van der Waals surface area contributed by atoms with Crippen LogP contribution >= 0.6 is 0 Å². The molecule has 0 fully saturated rings. The van der Waals surface area contributed by atoms with Gasteiger partial charge in [-0.3, -0.25) is 14.4 Å². The van der Waals surface area contributed by atoms with Gasteiger partial charge in [-0.05, 0) is 30.9 Å². The molecule has 2 aromatic rings. The normalized spacial score (nSPS) is 14.0. The summed E-state index contributed by atoms with van der Waals surface area (Å²) in [5.41, 5.74) is 1.69. The maximum Gasteiger partial charge on any atom is 0.326 e. The van der Waals surface area contributed by atoms with Crippen LogP contribution < -0.4 is 16.0 Å². The van der Waals surface area contributed by atoms with E-state index in [9.17, 15) is 24.3 Å². The first kappa shape index (κ1) is 23.9. The Balaban J connectivity index is 2.25. The molecule has 1 heterocycles. The van der Waals surface area contributed by atoms with Gasteiger partial charge in [0.15, 0.2) is 0 Å². The van der Waals surface area contributed by atoms with Crippen LogP contribution in [0.15, 0.2) is 30.5 Å². The molecule has 0 unspecified atom stereocenters. The van der Waals surface area contributed by atoms with Crippen molar-refractivity contribution in [1.82, 2.24) is 20.9 Å². The number of carbonyl (C=O) groups excluding carboxylic acids is 3. The Kier molecular flexibility index (Phi) is 8.18. The molecule has 9 heteroatoms. The predicted octanol–water partition coefficient (Wildman–Crippen LogP) is 1.34. The summed E-state index contributed by atoms with van der Waals surface area (Å²) in [5, 5.41) is 18.0. The van der Waals surface area contributed by atoms with Crippen LogP contribution in [0.3, 0.4) is 0 Å². The van der Waals surface area contributed by atoms with Crippen molar-refractivity contribution < 1.29 is 24.3 Å². The van der Waals surface area contributed by atoms with Gasteiger partial charge in [0, 0.05) is 30.4 Å². The highest BCUT2D eigenvalue weighted by molar-refractivity contribution is 5.94. The number of aromatic nitrogens is 1. The van der Waals surface area contributed by atoms with Gasteiger partial charge in [-0.1, -0.05) is 32.0 Å². The molecule has 3 atom stereocenters. The van der Waals surface area contributed by atoms with Crippen LogP contribution in [-0.2, 0) is 25.6 Å². The van der Waals surface area contributed by atoms with E-state index in [0.29, 0.717) is 0 Å². The Hall–Kier alpha value is -3.36. The van der Waals surface area contributed by atoms with Crippen molar-refractivity contribution in [2.75, 3.05) is 0 Å². The minimum Gasteiger partial charge on any atom is -0.480 e. The van der Waals surface area contributed by atoms with Gasteiger partial charge >= 0.3 is 5.97 Å². The molecule has 0 bridgehead atoms. The second-order valence-electron chi connectivity index (χ2n) is 8.08. The lowest BCUT2D eigenvalue weighted by molar-refractivity contribution is -0.142. The van der Waals surface area contributed by atoms with Crippen molar-refractivity contribution in [3.05, 3.63) is 36.0 Å². The number of amides is 3. The maximum atomic E-state index is 13.0. The lowest BCUT2D eigenvalue weighted by Gasteiger charge is -2.23. The third-order valence-electron chi connectivity index (χ3n) is 4.87. The topological polar surface area (TPSA) is 140 Å². The Bertz CT molecular complexity index is 952. The number of H-pyrrole nitrogens is 1. The van der Waals surface area contributed by atoms with E-state index in [2.05, 4.69) is 20.9 Å². The highest BCUT2D eigenvalue weighted by Crippen LogP contribution is 2.19. The number of nitrogens with one attached hydrogen (secondary N) is 4. The summed E-state index contributed by atoms with van der Waals surface area (Å²) in [5.74, 6) is -2.58. The monoisotopic (exact) mass is 430 g/mol. The van der Waals surface area contributed by atoms with E-state index in [1.165, 1.54) is 13.8 Å². The number of aromatic amines is 1. The average molecular weight is 431 g/mol. The van der Waals surface area contributed by atoms with E-state index in [1.54, 1.807) is 6.20 Å². The quantitative estimate of drug-likeness (QED) is 0.387. The molecule has 1 aromatic heterocycles. The van der Waals surface area contributed by atoms with Crippen molar-refractivity contribution in [3.63, 3.8) is 0 Å². The summed E-state index contributed by atoms with van der Waals surface area (Å²) < 4.78 is 0. The summed E-state index contributed by atoms with van der Waals surface area (Å²) in [6.45, 7) is 6.53. The highest BCUT2D eigenvalue weighted by Gasteiger charge is 2.29.